The van der Waals surface area contributed by atoms with E-state index in [2.05, 4.69) is 0 Å². The molecule has 1 aromatic heterocycles. The fourth-order valence-corrected chi connectivity index (χ4v) is 4.51. The maximum absolute atomic E-state index is 13.0. The van der Waals surface area contributed by atoms with Gasteiger partial charge in [0.2, 0.25) is 0 Å². The number of imide groups is 1. The van der Waals surface area contributed by atoms with Crippen LogP contribution in [0.5, 0.6) is 0 Å². The second kappa shape index (κ2) is 5.89. The van der Waals surface area contributed by atoms with Crippen molar-refractivity contribution >= 4 is 17.8 Å². The van der Waals surface area contributed by atoms with Crippen LogP contribution in [0.3, 0.4) is 0 Å². The third-order valence-electron chi connectivity index (χ3n) is 6.03. The first-order valence-electron chi connectivity index (χ1n) is 8.99. The van der Waals surface area contributed by atoms with Crippen LogP contribution < -0.4 is 0 Å². The number of furan rings is 1. The standard InChI is InChI=1S/C18H23N3O4/c1-19-17(24)21(16(23)18(19)8-2-3-9-18)13-6-10-20(11-7-13)15(22)14-5-4-12-25-14/h4-5,12-13H,2-3,6-11H2,1H3. The fraction of sp³-hybridized carbons (Fsp3) is 0.611. The van der Waals surface area contributed by atoms with Crippen molar-refractivity contribution in [2.24, 2.45) is 0 Å². The lowest BCUT2D eigenvalue weighted by Gasteiger charge is -2.35. The first-order valence-corrected chi connectivity index (χ1v) is 8.99. The summed E-state index contributed by atoms with van der Waals surface area (Å²) in [4.78, 5) is 42.9. The molecule has 1 aromatic rings. The summed E-state index contributed by atoms with van der Waals surface area (Å²) in [5.74, 6) is 0.164. The molecule has 1 saturated carbocycles. The lowest BCUT2D eigenvalue weighted by atomic mass is 9.95. The van der Waals surface area contributed by atoms with E-state index in [9.17, 15) is 14.4 Å². The molecule has 0 bridgehead atoms. The van der Waals surface area contributed by atoms with E-state index in [1.54, 1.807) is 29.0 Å². The van der Waals surface area contributed by atoms with Crippen molar-refractivity contribution < 1.29 is 18.8 Å². The van der Waals surface area contributed by atoms with Crippen molar-refractivity contribution in [1.82, 2.24) is 14.7 Å². The van der Waals surface area contributed by atoms with Gasteiger partial charge < -0.3 is 14.2 Å². The van der Waals surface area contributed by atoms with Gasteiger partial charge in [0.25, 0.3) is 11.8 Å². The van der Waals surface area contributed by atoms with Gasteiger partial charge in [-0.25, -0.2) is 4.79 Å². The molecule has 1 spiro atoms. The smallest absolute Gasteiger partial charge is 0.327 e. The maximum Gasteiger partial charge on any atom is 0.327 e. The Kier molecular flexibility index (Phi) is 3.81. The Hall–Kier alpha value is -2.31. The minimum Gasteiger partial charge on any atom is -0.459 e. The van der Waals surface area contributed by atoms with Crippen LogP contribution in [0.2, 0.25) is 0 Å². The molecular weight excluding hydrogens is 322 g/mol. The van der Waals surface area contributed by atoms with E-state index < -0.39 is 5.54 Å². The van der Waals surface area contributed by atoms with Gasteiger partial charge in [0, 0.05) is 26.2 Å². The Bertz CT molecular complexity index is 685. The number of hydrogen-bond donors (Lipinski definition) is 0. The number of carbonyl (C=O) groups is 3. The molecule has 2 aliphatic heterocycles. The summed E-state index contributed by atoms with van der Waals surface area (Å²) in [6.45, 7) is 1.05. The number of amides is 4. The highest BCUT2D eigenvalue weighted by Gasteiger charge is 2.58. The Morgan fingerprint density at radius 3 is 2.48 bits per heavy atom. The van der Waals surface area contributed by atoms with Gasteiger partial charge in [-0.05, 0) is 37.8 Å². The van der Waals surface area contributed by atoms with Crippen molar-refractivity contribution in [3.05, 3.63) is 24.2 Å². The van der Waals surface area contributed by atoms with E-state index in [0.717, 1.165) is 25.7 Å². The summed E-state index contributed by atoms with van der Waals surface area (Å²) in [6.07, 6.45) is 6.24. The van der Waals surface area contributed by atoms with Crippen LogP contribution in [0.25, 0.3) is 0 Å². The number of likely N-dealkylation sites (N-methyl/N-ethyl adjacent to an activating group) is 1. The summed E-state index contributed by atoms with van der Waals surface area (Å²) in [5, 5.41) is 0. The summed E-state index contributed by atoms with van der Waals surface area (Å²) in [5.41, 5.74) is -0.613. The van der Waals surface area contributed by atoms with Crippen molar-refractivity contribution in [3.8, 4) is 0 Å². The third kappa shape index (κ3) is 2.36. The molecule has 2 saturated heterocycles. The average molecular weight is 345 g/mol. The first-order chi connectivity index (χ1) is 12.0. The predicted octanol–water partition coefficient (Wildman–Crippen LogP) is 2.09. The Morgan fingerprint density at radius 1 is 1.20 bits per heavy atom. The molecule has 4 amide bonds. The number of carbonyl (C=O) groups excluding carboxylic acids is 3. The van der Waals surface area contributed by atoms with Gasteiger partial charge in [-0.15, -0.1) is 0 Å². The third-order valence-corrected chi connectivity index (χ3v) is 6.03. The quantitative estimate of drug-likeness (QED) is 0.769. The summed E-state index contributed by atoms with van der Waals surface area (Å²) in [7, 11) is 1.75. The number of nitrogens with zero attached hydrogens (tertiary/aromatic N) is 3. The molecule has 134 valence electrons. The maximum atomic E-state index is 13.0. The predicted molar refractivity (Wildman–Crippen MR) is 88.8 cm³/mol. The van der Waals surface area contributed by atoms with E-state index in [1.807, 2.05) is 0 Å². The van der Waals surface area contributed by atoms with Crippen LogP contribution in [0.15, 0.2) is 22.8 Å². The van der Waals surface area contributed by atoms with E-state index in [-0.39, 0.29) is 23.9 Å². The van der Waals surface area contributed by atoms with E-state index in [0.29, 0.717) is 31.7 Å². The Balaban J connectivity index is 1.45. The van der Waals surface area contributed by atoms with Gasteiger partial charge in [0.15, 0.2) is 5.76 Å². The number of rotatable bonds is 2. The molecule has 25 heavy (non-hydrogen) atoms. The lowest BCUT2D eigenvalue weighted by Crippen LogP contribution is -2.50. The number of urea groups is 1. The van der Waals surface area contributed by atoms with Crippen LogP contribution in [-0.2, 0) is 4.79 Å². The second-order valence-corrected chi connectivity index (χ2v) is 7.26. The van der Waals surface area contributed by atoms with Crippen LogP contribution in [-0.4, -0.2) is 64.3 Å². The van der Waals surface area contributed by atoms with Gasteiger partial charge in [0.05, 0.1) is 6.26 Å². The van der Waals surface area contributed by atoms with Crippen LogP contribution in [0.1, 0.15) is 49.1 Å². The van der Waals surface area contributed by atoms with Gasteiger partial charge in [-0.1, -0.05) is 12.8 Å². The fourth-order valence-electron chi connectivity index (χ4n) is 4.51. The van der Waals surface area contributed by atoms with Gasteiger partial charge in [0.1, 0.15) is 5.54 Å². The Labute approximate surface area is 146 Å². The molecule has 1 aliphatic carbocycles. The van der Waals surface area contributed by atoms with Gasteiger partial charge in [-0.2, -0.15) is 0 Å². The number of piperidine rings is 1. The van der Waals surface area contributed by atoms with Gasteiger partial charge in [-0.3, -0.25) is 14.5 Å². The van der Waals surface area contributed by atoms with Crippen molar-refractivity contribution in [3.63, 3.8) is 0 Å². The lowest BCUT2D eigenvalue weighted by molar-refractivity contribution is -0.134. The molecule has 3 fully saturated rings. The SMILES string of the molecule is CN1C(=O)N(C2CCN(C(=O)c3ccco3)CC2)C(=O)C12CCCC2. The molecule has 7 nitrogen and oxygen atoms in total. The van der Waals surface area contributed by atoms with Crippen LogP contribution in [0, 0.1) is 0 Å². The number of hydrogen-bond acceptors (Lipinski definition) is 4. The summed E-state index contributed by atoms with van der Waals surface area (Å²) >= 11 is 0. The van der Waals surface area contributed by atoms with E-state index >= 15 is 0 Å². The van der Waals surface area contributed by atoms with Crippen LogP contribution in [0.4, 0.5) is 4.79 Å². The number of likely N-dealkylation sites (tertiary alicyclic amines) is 1. The highest BCUT2D eigenvalue weighted by atomic mass is 16.3. The monoisotopic (exact) mass is 345 g/mol. The van der Waals surface area contributed by atoms with Gasteiger partial charge >= 0.3 is 6.03 Å². The zero-order valence-corrected chi connectivity index (χ0v) is 14.4. The highest BCUT2D eigenvalue weighted by Crippen LogP contribution is 2.42. The molecule has 4 rings (SSSR count). The minimum atomic E-state index is -0.613. The van der Waals surface area contributed by atoms with E-state index in [1.165, 1.54) is 11.2 Å². The average Bonchev–Trinajstić information content (AvgIpc) is 3.36. The highest BCUT2D eigenvalue weighted by molar-refractivity contribution is 6.07. The second-order valence-electron chi connectivity index (χ2n) is 7.26. The van der Waals surface area contributed by atoms with Crippen molar-refractivity contribution in [2.45, 2.75) is 50.1 Å². The Morgan fingerprint density at radius 2 is 1.88 bits per heavy atom. The first kappa shape index (κ1) is 16.2. The molecule has 0 aromatic carbocycles. The summed E-state index contributed by atoms with van der Waals surface area (Å²) < 4.78 is 5.17. The van der Waals surface area contributed by atoms with Crippen LogP contribution >= 0.6 is 0 Å². The normalized spacial score (nSPS) is 24.0. The minimum absolute atomic E-state index is 0.0340. The zero-order valence-electron chi connectivity index (χ0n) is 14.4. The molecule has 3 heterocycles. The molecular formula is C18H23N3O4. The molecule has 0 unspecified atom stereocenters. The van der Waals surface area contributed by atoms with Crippen molar-refractivity contribution in [1.29, 1.82) is 0 Å². The largest absolute Gasteiger partial charge is 0.459 e. The molecule has 0 atom stereocenters. The molecule has 0 radical (unpaired) electrons. The molecule has 0 N–H and O–H groups in total. The molecule has 3 aliphatic rings. The molecule has 7 heteroatoms. The summed E-state index contributed by atoms with van der Waals surface area (Å²) in [6, 6.07) is 3.05. The van der Waals surface area contributed by atoms with E-state index in [4.69, 9.17) is 4.42 Å². The zero-order chi connectivity index (χ0) is 17.6. The van der Waals surface area contributed by atoms with Crippen molar-refractivity contribution in [2.75, 3.05) is 20.1 Å². The topological polar surface area (TPSA) is 74.1 Å².